The second-order valence-electron chi connectivity index (χ2n) is 5.48. The van der Waals surface area contributed by atoms with Crippen molar-refractivity contribution in [3.05, 3.63) is 52.0 Å². The Bertz CT molecular complexity index is 823. The minimum absolute atomic E-state index is 0.0191. The number of ether oxygens (including phenoxy) is 1. The van der Waals surface area contributed by atoms with Crippen molar-refractivity contribution >= 4 is 46.5 Å². The van der Waals surface area contributed by atoms with E-state index in [0.717, 1.165) is 11.3 Å². The van der Waals surface area contributed by atoms with E-state index in [1.165, 1.54) is 0 Å². The molecule has 0 aromatic heterocycles. The fraction of sp³-hybridized carbons (Fsp3) is 0.176. The molecule has 0 radical (unpaired) electrons. The van der Waals surface area contributed by atoms with Gasteiger partial charge in [0.25, 0.3) is 0 Å². The smallest absolute Gasteiger partial charge is 0.331 e. The van der Waals surface area contributed by atoms with Gasteiger partial charge in [0.15, 0.2) is 5.75 Å². The summed E-state index contributed by atoms with van der Waals surface area (Å²) in [6.07, 6.45) is 0. The Labute approximate surface area is 149 Å². The molecule has 0 bridgehead atoms. The number of fused-ring (bicyclic) bond motifs is 1. The Morgan fingerprint density at radius 2 is 2.00 bits per heavy atom. The lowest BCUT2D eigenvalue weighted by Crippen LogP contribution is -2.41. The van der Waals surface area contributed by atoms with E-state index in [4.69, 9.17) is 27.9 Å². The van der Waals surface area contributed by atoms with Crippen LogP contribution in [0.4, 0.5) is 11.4 Å². The number of carbonyl (C=O) groups excluding carboxylic acids is 2. The summed E-state index contributed by atoms with van der Waals surface area (Å²) in [6, 6.07) is 10.3. The van der Waals surface area contributed by atoms with E-state index in [-0.39, 0.29) is 19.0 Å². The summed E-state index contributed by atoms with van der Waals surface area (Å²) < 4.78 is 5.20. The normalized spacial score (nSPS) is 13.3. The van der Waals surface area contributed by atoms with Crippen LogP contribution in [0.25, 0.3) is 0 Å². The highest BCUT2D eigenvalue weighted by Crippen LogP contribution is 2.32. The average molecular weight is 365 g/mol. The summed E-state index contributed by atoms with van der Waals surface area (Å²) in [6.45, 7) is 1.97. The molecule has 0 aliphatic carbocycles. The van der Waals surface area contributed by atoms with Gasteiger partial charge in [-0.3, -0.25) is 4.79 Å². The lowest BCUT2D eigenvalue weighted by Gasteiger charge is -2.29. The highest BCUT2D eigenvalue weighted by atomic mass is 35.5. The van der Waals surface area contributed by atoms with Crippen LogP contribution in [0.5, 0.6) is 5.75 Å². The lowest BCUT2D eigenvalue weighted by molar-refractivity contribution is -0.133. The summed E-state index contributed by atoms with van der Waals surface area (Å²) in [7, 11) is 0. The Balaban J connectivity index is 1.76. The van der Waals surface area contributed by atoms with Crippen molar-refractivity contribution in [2.45, 2.75) is 6.92 Å². The third-order valence-corrected chi connectivity index (χ3v) is 4.28. The van der Waals surface area contributed by atoms with Crippen molar-refractivity contribution in [3.8, 4) is 5.75 Å². The van der Waals surface area contributed by atoms with Crippen LogP contribution < -0.4 is 15.0 Å². The molecular weight excluding hydrogens is 351 g/mol. The number of rotatable bonds is 3. The molecular formula is C17H14Cl2N2O3. The molecule has 124 valence electrons. The maximum absolute atomic E-state index is 12.3. The van der Waals surface area contributed by atoms with Crippen molar-refractivity contribution in [2.75, 3.05) is 23.3 Å². The number of aryl methyl sites for hydroxylation is 1. The maximum Gasteiger partial charge on any atom is 0.331 e. The predicted molar refractivity (Wildman–Crippen MR) is 94.1 cm³/mol. The summed E-state index contributed by atoms with van der Waals surface area (Å²) in [5.41, 5.74) is 2.28. The molecule has 0 saturated carbocycles. The summed E-state index contributed by atoms with van der Waals surface area (Å²) in [5, 5.41) is 3.51. The first kappa shape index (κ1) is 16.6. The molecule has 1 N–H and O–H groups in total. The van der Waals surface area contributed by atoms with E-state index in [1.54, 1.807) is 29.2 Å². The molecule has 0 spiro atoms. The van der Waals surface area contributed by atoms with Crippen molar-refractivity contribution in [2.24, 2.45) is 0 Å². The van der Waals surface area contributed by atoms with Gasteiger partial charge in [0.2, 0.25) is 5.91 Å². The van der Waals surface area contributed by atoms with Crippen molar-refractivity contribution < 1.29 is 14.3 Å². The topological polar surface area (TPSA) is 58.6 Å². The van der Waals surface area contributed by atoms with Gasteiger partial charge < -0.3 is 15.0 Å². The van der Waals surface area contributed by atoms with Gasteiger partial charge in [0.05, 0.1) is 22.3 Å². The number of esters is 1. The van der Waals surface area contributed by atoms with E-state index in [0.29, 0.717) is 21.5 Å². The van der Waals surface area contributed by atoms with E-state index in [9.17, 15) is 9.59 Å². The number of amides is 1. The number of carbonyl (C=O) groups is 2. The van der Waals surface area contributed by atoms with Gasteiger partial charge in [0.1, 0.15) is 6.54 Å². The maximum atomic E-state index is 12.3. The van der Waals surface area contributed by atoms with E-state index < -0.39 is 5.97 Å². The fourth-order valence-corrected chi connectivity index (χ4v) is 2.74. The van der Waals surface area contributed by atoms with Gasteiger partial charge in [-0.05, 0) is 42.8 Å². The van der Waals surface area contributed by atoms with Crippen molar-refractivity contribution in [1.29, 1.82) is 0 Å². The number of nitrogens with one attached hydrogen (secondary N) is 1. The zero-order valence-corrected chi connectivity index (χ0v) is 14.3. The Kier molecular flexibility index (Phi) is 4.64. The monoisotopic (exact) mass is 364 g/mol. The van der Waals surface area contributed by atoms with Crippen LogP contribution in [-0.2, 0) is 9.59 Å². The summed E-state index contributed by atoms with van der Waals surface area (Å²) in [5.74, 6) is -0.205. The lowest BCUT2D eigenvalue weighted by atomic mass is 10.1. The zero-order chi connectivity index (χ0) is 17.3. The molecule has 5 nitrogen and oxygen atoms in total. The predicted octanol–water partition coefficient (Wildman–Crippen LogP) is 3.67. The zero-order valence-electron chi connectivity index (χ0n) is 12.8. The van der Waals surface area contributed by atoms with Crippen LogP contribution in [-0.4, -0.2) is 25.0 Å². The third kappa shape index (κ3) is 3.63. The Morgan fingerprint density at radius 1 is 1.21 bits per heavy atom. The Morgan fingerprint density at radius 3 is 2.75 bits per heavy atom. The van der Waals surface area contributed by atoms with E-state index >= 15 is 0 Å². The molecule has 3 rings (SSSR count). The van der Waals surface area contributed by atoms with Crippen LogP contribution in [0.1, 0.15) is 5.56 Å². The van der Waals surface area contributed by atoms with Crippen molar-refractivity contribution in [1.82, 2.24) is 0 Å². The standard InChI is InChI=1S/C17H14Cl2N2O3/c1-10-2-5-15-14(6-10)21(9-17(23)24-15)8-16(22)20-11-3-4-12(18)13(19)7-11/h2-7H,8-9H2,1H3,(H,20,22). The quantitative estimate of drug-likeness (QED) is 0.666. The SMILES string of the molecule is Cc1ccc2c(c1)N(CC(=O)Nc1ccc(Cl)c(Cl)c1)CC(=O)O2. The molecule has 7 heteroatoms. The first-order valence-electron chi connectivity index (χ1n) is 7.23. The van der Waals surface area contributed by atoms with Gasteiger partial charge >= 0.3 is 5.97 Å². The minimum Gasteiger partial charge on any atom is -0.423 e. The third-order valence-electron chi connectivity index (χ3n) is 3.54. The first-order chi connectivity index (χ1) is 11.4. The molecule has 1 aliphatic heterocycles. The van der Waals surface area contributed by atoms with Crippen LogP contribution >= 0.6 is 23.2 Å². The Hall–Kier alpha value is -2.24. The van der Waals surface area contributed by atoms with Gasteiger partial charge in [-0.25, -0.2) is 4.79 Å². The number of anilines is 2. The molecule has 2 aromatic rings. The molecule has 1 aliphatic rings. The van der Waals surface area contributed by atoms with Crippen LogP contribution in [0.3, 0.4) is 0 Å². The molecule has 0 fully saturated rings. The minimum atomic E-state index is -0.395. The number of nitrogens with zero attached hydrogens (tertiary/aromatic N) is 1. The van der Waals surface area contributed by atoms with Crippen LogP contribution in [0.2, 0.25) is 10.0 Å². The largest absolute Gasteiger partial charge is 0.423 e. The molecule has 0 saturated heterocycles. The van der Waals surface area contributed by atoms with Crippen LogP contribution in [0, 0.1) is 6.92 Å². The summed E-state index contributed by atoms with van der Waals surface area (Å²) in [4.78, 5) is 25.7. The number of benzene rings is 2. The highest BCUT2D eigenvalue weighted by Gasteiger charge is 2.25. The second kappa shape index (κ2) is 6.71. The molecule has 1 amide bonds. The fourth-order valence-electron chi connectivity index (χ4n) is 2.45. The number of hydrogen-bond donors (Lipinski definition) is 1. The van der Waals surface area contributed by atoms with Gasteiger partial charge in [-0.1, -0.05) is 29.3 Å². The van der Waals surface area contributed by atoms with Gasteiger partial charge in [-0.2, -0.15) is 0 Å². The number of hydrogen-bond acceptors (Lipinski definition) is 4. The van der Waals surface area contributed by atoms with Gasteiger partial charge in [0, 0.05) is 5.69 Å². The van der Waals surface area contributed by atoms with E-state index in [2.05, 4.69) is 5.32 Å². The molecule has 24 heavy (non-hydrogen) atoms. The first-order valence-corrected chi connectivity index (χ1v) is 7.99. The summed E-state index contributed by atoms with van der Waals surface area (Å²) >= 11 is 11.8. The molecule has 1 heterocycles. The second-order valence-corrected chi connectivity index (χ2v) is 6.29. The number of halogens is 2. The molecule has 0 unspecified atom stereocenters. The van der Waals surface area contributed by atoms with Gasteiger partial charge in [-0.15, -0.1) is 0 Å². The van der Waals surface area contributed by atoms with Crippen molar-refractivity contribution in [3.63, 3.8) is 0 Å². The average Bonchev–Trinajstić information content (AvgIpc) is 2.51. The highest BCUT2D eigenvalue weighted by molar-refractivity contribution is 6.42. The molecule has 0 atom stereocenters. The van der Waals surface area contributed by atoms with E-state index in [1.807, 2.05) is 19.1 Å². The molecule has 2 aromatic carbocycles. The van der Waals surface area contributed by atoms with Crippen LogP contribution in [0.15, 0.2) is 36.4 Å².